The van der Waals surface area contributed by atoms with Crippen LogP contribution >= 0.6 is 11.6 Å². The van der Waals surface area contributed by atoms with Crippen LogP contribution in [0.4, 0.5) is 0 Å². The first-order valence-electron chi connectivity index (χ1n) is 4.28. The Labute approximate surface area is 86.3 Å². The van der Waals surface area contributed by atoms with E-state index in [1.807, 2.05) is 12.1 Å². The predicted octanol–water partition coefficient (Wildman–Crippen LogP) is 2.39. The molecule has 1 heterocycles. The largest absolute Gasteiger partial charge is 0.481 e. The van der Waals surface area contributed by atoms with Crippen molar-refractivity contribution >= 4 is 17.6 Å². The first kappa shape index (κ1) is 9.49. The van der Waals surface area contributed by atoms with Gasteiger partial charge in [0.1, 0.15) is 0 Å². The monoisotopic (exact) mass is 212 g/mol. The van der Waals surface area contributed by atoms with Crippen LogP contribution < -0.4 is 0 Å². The second-order valence-corrected chi connectivity index (χ2v) is 3.68. The third-order valence-electron chi connectivity index (χ3n) is 2.25. The number of aliphatic carboxylic acids is 1. The van der Waals surface area contributed by atoms with Gasteiger partial charge in [0.25, 0.3) is 0 Å². The van der Waals surface area contributed by atoms with Gasteiger partial charge in [-0.15, -0.1) is 0 Å². The van der Waals surface area contributed by atoms with Crippen LogP contribution in [0.15, 0.2) is 18.2 Å². The van der Waals surface area contributed by atoms with Gasteiger partial charge in [-0.2, -0.15) is 0 Å². The molecule has 3 nitrogen and oxygen atoms in total. The molecule has 14 heavy (non-hydrogen) atoms. The van der Waals surface area contributed by atoms with E-state index < -0.39 is 5.97 Å². The summed E-state index contributed by atoms with van der Waals surface area (Å²) in [7, 11) is 0. The summed E-state index contributed by atoms with van der Waals surface area (Å²) in [6, 6.07) is 5.40. The summed E-state index contributed by atoms with van der Waals surface area (Å²) in [6.45, 7) is 0.452. The van der Waals surface area contributed by atoms with E-state index in [1.165, 1.54) is 0 Å². The van der Waals surface area contributed by atoms with E-state index in [-0.39, 0.29) is 12.5 Å². The predicted molar refractivity (Wildman–Crippen MR) is 51.2 cm³/mol. The molecular formula is C10H9ClO3. The molecular weight excluding hydrogens is 204 g/mol. The van der Waals surface area contributed by atoms with Gasteiger partial charge < -0.3 is 9.84 Å². The fourth-order valence-corrected chi connectivity index (χ4v) is 1.82. The van der Waals surface area contributed by atoms with E-state index in [0.717, 1.165) is 11.1 Å². The fourth-order valence-electron chi connectivity index (χ4n) is 1.62. The smallest absolute Gasteiger partial charge is 0.306 e. The van der Waals surface area contributed by atoms with Crippen molar-refractivity contribution in [2.75, 3.05) is 0 Å². The molecule has 0 radical (unpaired) electrons. The Morgan fingerprint density at radius 3 is 3.14 bits per heavy atom. The average Bonchev–Trinajstić information content (AvgIpc) is 2.47. The average molecular weight is 213 g/mol. The number of carboxylic acids is 1. The maximum atomic E-state index is 10.5. The molecule has 1 aromatic carbocycles. The minimum absolute atomic E-state index is 0.00856. The topological polar surface area (TPSA) is 46.5 Å². The third-order valence-corrected chi connectivity index (χ3v) is 2.49. The molecule has 0 bridgehead atoms. The summed E-state index contributed by atoms with van der Waals surface area (Å²) >= 11 is 5.80. The van der Waals surface area contributed by atoms with Gasteiger partial charge in [-0.05, 0) is 23.3 Å². The molecule has 0 fully saturated rings. The Kier molecular flexibility index (Phi) is 2.44. The second kappa shape index (κ2) is 3.59. The molecule has 0 amide bonds. The van der Waals surface area contributed by atoms with Crippen LogP contribution in [0.2, 0.25) is 5.02 Å². The quantitative estimate of drug-likeness (QED) is 0.819. The molecule has 1 aromatic rings. The number of carboxylic acid groups (broad SMARTS) is 1. The zero-order valence-corrected chi connectivity index (χ0v) is 8.12. The lowest BCUT2D eigenvalue weighted by Crippen LogP contribution is -2.04. The normalized spacial score (nSPS) is 19.4. The molecule has 0 aliphatic carbocycles. The van der Waals surface area contributed by atoms with Gasteiger partial charge in [0.2, 0.25) is 0 Å². The Morgan fingerprint density at radius 2 is 2.43 bits per heavy atom. The summed E-state index contributed by atoms with van der Waals surface area (Å²) in [5.74, 6) is -0.849. The molecule has 0 saturated heterocycles. The van der Waals surface area contributed by atoms with E-state index in [2.05, 4.69) is 0 Å². The van der Waals surface area contributed by atoms with Gasteiger partial charge in [0, 0.05) is 5.02 Å². The van der Waals surface area contributed by atoms with Gasteiger partial charge in [-0.1, -0.05) is 17.7 Å². The zero-order valence-electron chi connectivity index (χ0n) is 7.37. The van der Waals surface area contributed by atoms with Crippen molar-refractivity contribution in [2.24, 2.45) is 0 Å². The van der Waals surface area contributed by atoms with E-state index in [1.54, 1.807) is 6.07 Å². The highest BCUT2D eigenvalue weighted by Crippen LogP contribution is 2.34. The summed E-state index contributed by atoms with van der Waals surface area (Å²) in [5.41, 5.74) is 1.93. The van der Waals surface area contributed by atoms with E-state index >= 15 is 0 Å². The Hall–Kier alpha value is -1.06. The summed E-state index contributed by atoms with van der Waals surface area (Å²) in [4.78, 5) is 10.5. The van der Waals surface area contributed by atoms with Gasteiger partial charge >= 0.3 is 5.97 Å². The molecule has 0 aromatic heterocycles. The summed E-state index contributed by atoms with van der Waals surface area (Å²) < 4.78 is 5.35. The molecule has 4 heteroatoms. The molecule has 1 N–H and O–H groups in total. The van der Waals surface area contributed by atoms with Crippen molar-refractivity contribution in [1.29, 1.82) is 0 Å². The lowest BCUT2D eigenvalue weighted by molar-refractivity contribution is -0.140. The zero-order chi connectivity index (χ0) is 10.1. The van der Waals surface area contributed by atoms with Crippen molar-refractivity contribution in [3.8, 4) is 0 Å². The number of carbonyl (C=O) groups is 1. The SMILES string of the molecule is O=C(O)C[C@@H]1OCc2cc(Cl)ccc21. The number of rotatable bonds is 2. The number of benzene rings is 1. The van der Waals surface area contributed by atoms with Crippen LogP contribution in [-0.2, 0) is 16.1 Å². The number of hydrogen-bond acceptors (Lipinski definition) is 2. The van der Waals surface area contributed by atoms with Crippen molar-refractivity contribution in [3.05, 3.63) is 34.3 Å². The summed E-state index contributed by atoms with van der Waals surface area (Å²) in [6.07, 6.45) is -0.311. The minimum atomic E-state index is -0.849. The van der Waals surface area contributed by atoms with Gasteiger partial charge in [0.05, 0.1) is 19.1 Å². The first-order valence-corrected chi connectivity index (χ1v) is 4.66. The van der Waals surface area contributed by atoms with Crippen LogP contribution in [0.1, 0.15) is 23.7 Å². The molecule has 74 valence electrons. The molecule has 0 unspecified atom stereocenters. The standard InChI is InChI=1S/C10H9ClO3/c11-7-1-2-8-6(3-7)5-14-9(8)4-10(12)13/h1-3,9H,4-5H2,(H,12,13)/t9-/m0/s1. The minimum Gasteiger partial charge on any atom is -0.481 e. The van der Waals surface area contributed by atoms with Gasteiger partial charge in [-0.3, -0.25) is 4.79 Å². The lowest BCUT2D eigenvalue weighted by atomic mass is 10.0. The molecule has 2 rings (SSSR count). The maximum absolute atomic E-state index is 10.5. The number of hydrogen-bond donors (Lipinski definition) is 1. The second-order valence-electron chi connectivity index (χ2n) is 3.24. The van der Waals surface area contributed by atoms with Crippen LogP contribution in [0, 0.1) is 0 Å². The molecule has 0 saturated carbocycles. The van der Waals surface area contributed by atoms with Crippen LogP contribution in [0.25, 0.3) is 0 Å². The van der Waals surface area contributed by atoms with Crippen LogP contribution in [0.5, 0.6) is 0 Å². The van der Waals surface area contributed by atoms with E-state index in [9.17, 15) is 4.79 Å². The summed E-state index contributed by atoms with van der Waals surface area (Å²) in [5, 5.41) is 9.30. The fraction of sp³-hybridized carbons (Fsp3) is 0.300. The number of ether oxygens (including phenoxy) is 1. The van der Waals surface area contributed by atoms with Gasteiger partial charge in [0.15, 0.2) is 0 Å². The highest BCUT2D eigenvalue weighted by Gasteiger charge is 2.25. The van der Waals surface area contributed by atoms with Crippen molar-refractivity contribution in [3.63, 3.8) is 0 Å². The number of halogens is 1. The maximum Gasteiger partial charge on any atom is 0.306 e. The highest BCUT2D eigenvalue weighted by atomic mass is 35.5. The van der Waals surface area contributed by atoms with E-state index in [4.69, 9.17) is 21.4 Å². The Morgan fingerprint density at radius 1 is 1.64 bits per heavy atom. The Bertz CT molecular complexity index is 376. The van der Waals surface area contributed by atoms with Crippen molar-refractivity contribution in [1.82, 2.24) is 0 Å². The molecule has 1 aliphatic heterocycles. The molecule has 0 spiro atoms. The van der Waals surface area contributed by atoms with Crippen molar-refractivity contribution < 1.29 is 14.6 Å². The van der Waals surface area contributed by atoms with Gasteiger partial charge in [-0.25, -0.2) is 0 Å². The third kappa shape index (κ3) is 1.74. The molecule has 1 atom stereocenters. The van der Waals surface area contributed by atoms with Crippen LogP contribution in [-0.4, -0.2) is 11.1 Å². The molecule has 1 aliphatic rings. The van der Waals surface area contributed by atoms with Crippen molar-refractivity contribution in [2.45, 2.75) is 19.1 Å². The Balaban J connectivity index is 2.26. The lowest BCUT2D eigenvalue weighted by Gasteiger charge is -2.07. The number of fused-ring (bicyclic) bond motifs is 1. The van der Waals surface area contributed by atoms with Crippen LogP contribution in [0.3, 0.4) is 0 Å². The highest BCUT2D eigenvalue weighted by molar-refractivity contribution is 6.30. The first-order chi connectivity index (χ1) is 6.66. The van der Waals surface area contributed by atoms with E-state index in [0.29, 0.717) is 11.6 Å².